The summed E-state index contributed by atoms with van der Waals surface area (Å²) in [5, 5.41) is 2.65. The molecular formula is C16H16N2O5S. The van der Waals surface area contributed by atoms with Crippen molar-refractivity contribution in [3.8, 4) is 11.1 Å². The molecule has 0 aromatic heterocycles. The van der Waals surface area contributed by atoms with E-state index in [1.54, 1.807) is 32.0 Å². The molecule has 0 unspecified atom stereocenters. The normalized spacial score (nSPS) is 15.9. The summed E-state index contributed by atoms with van der Waals surface area (Å²) >= 11 is 0. The van der Waals surface area contributed by atoms with Crippen molar-refractivity contribution in [1.29, 1.82) is 0 Å². The van der Waals surface area contributed by atoms with E-state index in [1.165, 1.54) is 6.07 Å². The predicted octanol–water partition coefficient (Wildman–Crippen LogP) is 3.37. The first-order valence-corrected chi connectivity index (χ1v) is 8.58. The fraction of sp³-hybridized carbons (Fsp3) is 0.188. The molecule has 2 aromatic carbocycles. The maximum Gasteiger partial charge on any atom is 0.412 e. The Morgan fingerprint density at radius 2 is 1.83 bits per heavy atom. The number of cyclic esters (lactones) is 1. The van der Waals surface area contributed by atoms with Crippen molar-refractivity contribution in [2.24, 2.45) is 0 Å². The lowest BCUT2D eigenvalue weighted by atomic mass is 9.91. The smallest absolute Gasteiger partial charge is 0.412 e. The van der Waals surface area contributed by atoms with Gasteiger partial charge in [-0.25, -0.2) is 4.79 Å². The molecule has 3 N–H and O–H groups in total. The fourth-order valence-corrected chi connectivity index (χ4v) is 3.09. The number of ether oxygens (including phenoxy) is 1. The molecule has 1 amide bonds. The van der Waals surface area contributed by atoms with E-state index in [0.717, 1.165) is 16.7 Å². The van der Waals surface area contributed by atoms with E-state index >= 15 is 0 Å². The van der Waals surface area contributed by atoms with Crippen molar-refractivity contribution in [1.82, 2.24) is 0 Å². The lowest BCUT2D eigenvalue weighted by molar-refractivity contribution is 0.0421. The van der Waals surface area contributed by atoms with Gasteiger partial charge in [0, 0.05) is 5.56 Å². The number of carbonyl (C=O) groups excluding carboxylic acids is 1. The van der Waals surface area contributed by atoms with Crippen LogP contribution in [0.4, 0.5) is 16.2 Å². The van der Waals surface area contributed by atoms with Crippen LogP contribution in [0.25, 0.3) is 11.1 Å². The Balaban J connectivity index is 2.03. The molecule has 8 heteroatoms. The highest BCUT2D eigenvalue weighted by atomic mass is 32.2. The number of amides is 1. The first kappa shape index (κ1) is 16.3. The van der Waals surface area contributed by atoms with E-state index in [1.807, 2.05) is 22.9 Å². The molecule has 0 aliphatic carbocycles. The summed E-state index contributed by atoms with van der Waals surface area (Å²) in [6.45, 7) is 3.59. The fourth-order valence-electron chi connectivity index (χ4n) is 2.66. The molecule has 3 rings (SSSR count). The Hall–Kier alpha value is -2.58. The third-order valence-corrected chi connectivity index (χ3v) is 4.19. The Morgan fingerprint density at radius 1 is 1.12 bits per heavy atom. The van der Waals surface area contributed by atoms with Gasteiger partial charge in [0.25, 0.3) is 0 Å². The zero-order valence-corrected chi connectivity index (χ0v) is 13.8. The SMILES string of the molecule is CC1(C)OC(=O)Nc2ccc(-c3cccc(NS(=O)(=O)O)c3)cc21. The van der Waals surface area contributed by atoms with Crippen LogP contribution >= 0.6 is 0 Å². The monoisotopic (exact) mass is 348 g/mol. The highest BCUT2D eigenvalue weighted by Crippen LogP contribution is 2.38. The zero-order valence-electron chi connectivity index (χ0n) is 13.0. The quantitative estimate of drug-likeness (QED) is 0.738. The average molecular weight is 348 g/mol. The number of fused-ring (bicyclic) bond motifs is 1. The van der Waals surface area contributed by atoms with Crippen LogP contribution in [0.5, 0.6) is 0 Å². The molecule has 1 aliphatic rings. The lowest BCUT2D eigenvalue weighted by Gasteiger charge is -2.32. The number of benzene rings is 2. The highest BCUT2D eigenvalue weighted by molar-refractivity contribution is 7.87. The van der Waals surface area contributed by atoms with Crippen LogP contribution in [-0.2, 0) is 20.6 Å². The number of carbonyl (C=O) groups is 1. The highest BCUT2D eigenvalue weighted by Gasteiger charge is 2.33. The van der Waals surface area contributed by atoms with Crippen LogP contribution in [0.2, 0.25) is 0 Å². The summed E-state index contributed by atoms with van der Waals surface area (Å²) in [5.41, 5.74) is 2.52. The van der Waals surface area contributed by atoms with E-state index in [-0.39, 0.29) is 5.69 Å². The summed E-state index contributed by atoms with van der Waals surface area (Å²) in [6.07, 6.45) is -0.500. The maximum absolute atomic E-state index is 11.6. The standard InChI is InChI=1S/C16H16N2O5S/c1-16(2)13-9-11(6-7-14(13)17-15(19)23-16)10-4-3-5-12(8-10)18-24(20,21)22/h3-9,18H,1-2H3,(H,17,19)(H,20,21,22). The van der Waals surface area contributed by atoms with Crippen LogP contribution in [0.15, 0.2) is 42.5 Å². The number of nitrogens with one attached hydrogen (secondary N) is 2. The van der Waals surface area contributed by atoms with E-state index in [4.69, 9.17) is 9.29 Å². The van der Waals surface area contributed by atoms with E-state index in [2.05, 4.69) is 5.32 Å². The van der Waals surface area contributed by atoms with Crippen LogP contribution in [0.1, 0.15) is 19.4 Å². The van der Waals surface area contributed by atoms with Crippen molar-refractivity contribution < 1.29 is 22.5 Å². The third-order valence-electron chi connectivity index (χ3n) is 3.70. The van der Waals surface area contributed by atoms with Gasteiger partial charge >= 0.3 is 16.4 Å². The zero-order chi connectivity index (χ0) is 17.5. The molecule has 2 aromatic rings. The second-order valence-electron chi connectivity index (χ2n) is 5.94. The molecule has 1 heterocycles. The van der Waals surface area contributed by atoms with Crippen molar-refractivity contribution in [3.05, 3.63) is 48.0 Å². The lowest BCUT2D eigenvalue weighted by Crippen LogP contribution is -2.34. The Labute approximate surface area is 139 Å². The Morgan fingerprint density at radius 3 is 2.54 bits per heavy atom. The summed E-state index contributed by atoms with van der Waals surface area (Å²) in [4.78, 5) is 11.6. The number of hydrogen-bond acceptors (Lipinski definition) is 4. The summed E-state index contributed by atoms with van der Waals surface area (Å²) in [5.74, 6) is 0. The van der Waals surface area contributed by atoms with Gasteiger partial charge in [0.2, 0.25) is 0 Å². The van der Waals surface area contributed by atoms with Gasteiger partial charge in [0.1, 0.15) is 5.60 Å². The molecule has 24 heavy (non-hydrogen) atoms. The van der Waals surface area contributed by atoms with E-state index in [9.17, 15) is 13.2 Å². The van der Waals surface area contributed by atoms with Crippen molar-refractivity contribution in [2.75, 3.05) is 10.0 Å². The number of anilines is 2. The molecule has 0 radical (unpaired) electrons. The molecule has 0 atom stereocenters. The van der Waals surface area contributed by atoms with Gasteiger partial charge < -0.3 is 4.74 Å². The molecule has 0 spiro atoms. The molecule has 0 fully saturated rings. The van der Waals surface area contributed by atoms with Crippen molar-refractivity contribution >= 4 is 27.8 Å². The van der Waals surface area contributed by atoms with Crippen LogP contribution < -0.4 is 10.0 Å². The first-order valence-electron chi connectivity index (χ1n) is 7.14. The number of hydrogen-bond donors (Lipinski definition) is 3. The number of rotatable bonds is 3. The topological polar surface area (TPSA) is 105 Å². The average Bonchev–Trinajstić information content (AvgIpc) is 2.44. The largest absolute Gasteiger partial charge is 0.438 e. The molecular weight excluding hydrogens is 332 g/mol. The molecule has 126 valence electrons. The molecule has 7 nitrogen and oxygen atoms in total. The Bertz CT molecular complexity index is 922. The molecule has 0 bridgehead atoms. The second kappa shape index (κ2) is 5.50. The van der Waals surface area contributed by atoms with Crippen LogP contribution in [0, 0.1) is 0 Å². The maximum atomic E-state index is 11.6. The summed E-state index contributed by atoms with van der Waals surface area (Å²) in [7, 11) is -4.33. The van der Waals surface area contributed by atoms with Gasteiger partial charge in [-0.05, 0) is 49.2 Å². The minimum Gasteiger partial charge on any atom is -0.438 e. The molecule has 0 saturated heterocycles. The van der Waals surface area contributed by atoms with Gasteiger partial charge in [-0.2, -0.15) is 8.42 Å². The third kappa shape index (κ3) is 3.34. The van der Waals surface area contributed by atoms with E-state index in [0.29, 0.717) is 5.69 Å². The molecule has 0 saturated carbocycles. The summed E-state index contributed by atoms with van der Waals surface area (Å²) < 4.78 is 38.1. The molecule has 1 aliphatic heterocycles. The predicted molar refractivity (Wildman–Crippen MR) is 90.2 cm³/mol. The van der Waals surface area contributed by atoms with Gasteiger partial charge in [-0.3, -0.25) is 14.6 Å². The van der Waals surface area contributed by atoms with E-state index < -0.39 is 22.0 Å². The first-order chi connectivity index (χ1) is 11.1. The van der Waals surface area contributed by atoms with Gasteiger partial charge in [0.05, 0.1) is 11.4 Å². The van der Waals surface area contributed by atoms with Crippen LogP contribution in [0.3, 0.4) is 0 Å². The second-order valence-corrected chi connectivity index (χ2v) is 7.10. The van der Waals surface area contributed by atoms with Crippen molar-refractivity contribution in [3.63, 3.8) is 0 Å². The minimum atomic E-state index is -4.33. The minimum absolute atomic E-state index is 0.247. The van der Waals surface area contributed by atoms with Gasteiger partial charge in [-0.15, -0.1) is 0 Å². The van der Waals surface area contributed by atoms with Crippen LogP contribution in [-0.4, -0.2) is 19.1 Å². The summed E-state index contributed by atoms with van der Waals surface area (Å²) in [6, 6.07) is 12.1. The van der Waals surface area contributed by atoms with Crippen molar-refractivity contribution in [2.45, 2.75) is 19.4 Å². The van der Waals surface area contributed by atoms with Gasteiger partial charge in [0.15, 0.2) is 0 Å². The van der Waals surface area contributed by atoms with Gasteiger partial charge in [-0.1, -0.05) is 18.2 Å². The Kier molecular flexibility index (Phi) is 3.73.